The van der Waals surface area contributed by atoms with Gasteiger partial charge in [-0.2, -0.15) is 4.31 Å². The Morgan fingerprint density at radius 2 is 1.97 bits per heavy atom. The molecule has 2 aromatic rings. The third kappa shape index (κ3) is 4.20. The predicted molar refractivity (Wildman–Crippen MR) is 102 cm³/mol. The van der Waals surface area contributed by atoms with Gasteiger partial charge in [0, 0.05) is 6.54 Å². The molecule has 0 saturated carbocycles. The summed E-state index contributed by atoms with van der Waals surface area (Å²) in [5, 5.41) is 13.7. The van der Waals surface area contributed by atoms with Crippen LogP contribution < -0.4 is 10.1 Å². The lowest BCUT2D eigenvalue weighted by atomic mass is 10.2. The molecule has 0 aliphatic carbocycles. The second-order valence-electron chi connectivity index (χ2n) is 6.36. The molecule has 0 spiro atoms. The van der Waals surface area contributed by atoms with Crippen molar-refractivity contribution in [3.8, 4) is 5.75 Å². The van der Waals surface area contributed by atoms with Crippen LogP contribution in [0.25, 0.3) is 0 Å². The van der Waals surface area contributed by atoms with Crippen LogP contribution in [0.5, 0.6) is 5.75 Å². The first-order chi connectivity index (χ1) is 13.7. The number of rotatable bonds is 6. The lowest BCUT2D eigenvalue weighted by molar-refractivity contribution is -0.384. The number of sulfonamides is 1. The lowest BCUT2D eigenvalue weighted by Crippen LogP contribution is -2.43. The van der Waals surface area contributed by atoms with Crippen LogP contribution in [0, 0.1) is 15.9 Å². The van der Waals surface area contributed by atoms with E-state index in [4.69, 9.17) is 4.74 Å². The van der Waals surface area contributed by atoms with Gasteiger partial charge < -0.3 is 10.1 Å². The smallest absolute Gasteiger partial charge is 0.296 e. The van der Waals surface area contributed by atoms with Crippen LogP contribution in [0.4, 0.5) is 15.8 Å². The highest BCUT2D eigenvalue weighted by Gasteiger charge is 2.40. The number of hydrogen-bond acceptors (Lipinski definition) is 6. The van der Waals surface area contributed by atoms with Crippen molar-refractivity contribution in [1.29, 1.82) is 0 Å². The molecule has 0 aromatic heterocycles. The van der Waals surface area contributed by atoms with Gasteiger partial charge >= 0.3 is 0 Å². The zero-order valence-electron chi connectivity index (χ0n) is 15.4. The zero-order valence-corrected chi connectivity index (χ0v) is 16.2. The van der Waals surface area contributed by atoms with E-state index >= 15 is 0 Å². The molecule has 1 aliphatic rings. The monoisotopic (exact) mass is 423 g/mol. The van der Waals surface area contributed by atoms with E-state index in [0.717, 1.165) is 34.6 Å². The van der Waals surface area contributed by atoms with Gasteiger partial charge in [-0.05, 0) is 49.2 Å². The van der Waals surface area contributed by atoms with Crippen LogP contribution in [0.3, 0.4) is 0 Å². The van der Waals surface area contributed by atoms with Gasteiger partial charge in [-0.1, -0.05) is 0 Å². The molecule has 29 heavy (non-hydrogen) atoms. The van der Waals surface area contributed by atoms with E-state index < -0.39 is 32.7 Å². The van der Waals surface area contributed by atoms with Crippen LogP contribution >= 0.6 is 0 Å². The standard InChI is InChI=1S/C18H18FN3O6S/c1-28-13-6-9-15(17(11-13)22(24)25)20-18(23)16-3-2-10-21(16)29(26,27)14-7-4-12(19)5-8-14/h4-9,11,16H,2-3,10H2,1H3,(H,20,23). The second kappa shape index (κ2) is 8.13. The number of carbonyl (C=O) groups is 1. The summed E-state index contributed by atoms with van der Waals surface area (Å²) in [5.74, 6) is -1.01. The van der Waals surface area contributed by atoms with E-state index in [2.05, 4.69) is 5.32 Å². The molecule has 1 N–H and O–H groups in total. The van der Waals surface area contributed by atoms with Crippen molar-refractivity contribution in [3.05, 3.63) is 58.4 Å². The molecule has 1 unspecified atom stereocenters. The van der Waals surface area contributed by atoms with Crippen molar-refractivity contribution < 1.29 is 27.3 Å². The molecule has 1 aliphatic heterocycles. The number of nitrogens with one attached hydrogen (secondary N) is 1. The van der Waals surface area contributed by atoms with Crippen molar-refractivity contribution in [2.24, 2.45) is 0 Å². The number of nitro groups is 1. The Labute approximate surface area is 166 Å². The van der Waals surface area contributed by atoms with Crippen molar-refractivity contribution in [1.82, 2.24) is 4.31 Å². The summed E-state index contributed by atoms with van der Waals surface area (Å²) in [5.41, 5.74) is -0.435. The number of methoxy groups -OCH3 is 1. The zero-order chi connectivity index (χ0) is 21.2. The summed E-state index contributed by atoms with van der Waals surface area (Å²) in [4.78, 5) is 23.2. The molecule has 1 atom stereocenters. The first kappa shape index (κ1) is 20.7. The van der Waals surface area contributed by atoms with Gasteiger partial charge in [-0.25, -0.2) is 12.8 Å². The predicted octanol–water partition coefficient (Wildman–Crippen LogP) is 2.53. The van der Waals surface area contributed by atoms with Crippen molar-refractivity contribution in [2.75, 3.05) is 19.0 Å². The minimum atomic E-state index is -4.03. The number of ether oxygens (including phenoxy) is 1. The van der Waals surface area contributed by atoms with Gasteiger partial charge in [0.1, 0.15) is 23.3 Å². The molecule has 11 heteroatoms. The number of halogens is 1. The summed E-state index contributed by atoms with van der Waals surface area (Å²) < 4.78 is 44.8. The van der Waals surface area contributed by atoms with E-state index in [-0.39, 0.29) is 35.0 Å². The average molecular weight is 423 g/mol. The van der Waals surface area contributed by atoms with Gasteiger partial charge in [-0.3, -0.25) is 14.9 Å². The topological polar surface area (TPSA) is 119 Å². The van der Waals surface area contributed by atoms with E-state index in [1.807, 2.05) is 0 Å². The molecule has 9 nitrogen and oxygen atoms in total. The van der Waals surface area contributed by atoms with Crippen LogP contribution in [0.1, 0.15) is 12.8 Å². The number of benzene rings is 2. The van der Waals surface area contributed by atoms with Crippen molar-refractivity contribution >= 4 is 27.3 Å². The Kier molecular flexibility index (Phi) is 5.80. The van der Waals surface area contributed by atoms with Crippen molar-refractivity contribution in [2.45, 2.75) is 23.8 Å². The van der Waals surface area contributed by atoms with Crippen LogP contribution in [0.2, 0.25) is 0 Å². The Morgan fingerprint density at radius 3 is 2.59 bits per heavy atom. The maximum Gasteiger partial charge on any atom is 0.296 e. The average Bonchev–Trinajstić information content (AvgIpc) is 3.19. The van der Waals surface area contributed by atoms with Gasteiger partial charge in [0.25, 0.3) is 5.69 Å². The quantitative estimate of drug-likeness (QED) is 0.563. The molecule has 154 valence electrons. The van der Waals surface area contributed by atoms with Gasteiger partial charge in [0.15, 0.2) is 0 Å². The highest BCUT2D eigenvalue weighted by molar-refractivity contribution is 7.89. The highest BCUT2D eigenvalue weighted by Crippen LogP contribution is 2.31. The molecule has 1 heterocycles. The molecule has 3 rings (SSSR count). The Balaban J connectivity index is 1.86. The molecule has 0 bridgehead atoms. The van der Waals surface area contributed by atoms with Gasteiger partial charge in [0.2, 0.25) is 15.9 Å². The minimum Gasteiger partial charge on any atom is -0.496 e. The molecule has 0 radical (unpaired) electrons. The fourth-order valence-corrected chi connectivity index (χ4v) is 4.80. The number of nitro benzene ring substituents is 1. The maximum absolute atomic E-state index is 13.1. The Bertz CT molecular complexity index is 1040. The first-order valence-electron chi connectivity index (χ1n) is 8.65. The number of amides is 1. The number of carbonyl (C=O) groups excluding carboxylic acids is 1. The Hall–Kier alpha value is -3.05. The number of hydrogen-bond donors (Lipinski definition) is 1. The fourth-order valence-electron chi connectivity index (χ4n) is 3.14. The highest BCUT2D eigenvalue weighted by atomic mass is 32.2. The van der Waals surface area contributed by atoms with E-state index in [9.17, 15) is 27.7 Å². The van der Waals surface area contributed by atoms with Crippen LogP contribution in [-0.2, 0) is 14.8 Å². The summed E-state index contributed by atoms with van der Waals surface area (Å²) in [6, 6.07) is 7.21. The molecule has 2 aromatic carbocycles. The van der Waals surface area contributed by atoms with Crippen LogP contribution in [0.15, 0.2) is 47.4 Å². The first-order valence-corrected chi connectivity index (χ1v) is 10.1. The largest absolute Gasteiger partial charge is 0.496 e. The normalized spacial score (nSPS) is 17.1. The summed E-state index contributed by atoms with van der Waals surface area (Å²) in [6.07, 6.45) is 0.708. The number of anilines is 1. The SMILES string of the molecule is COc1ccc(NC(=O)C2CCCN2S(=O)(=O)c2ccc(F)cc2)c([N+](=O)[O-])c1. The van der Waals surface area contributed by atoms with Gasteiger partial charge in [-0.15, -0.1) is 0 Å². The van der Waals surface area contributed by atoms with E-state index in [1.165, 1.54) is 19.2 Å². The van der Waals surface area contributed by atoms with Gasteiger partial charge in [0.05, 0.1) is 23.0 Å². The molecule has 1 amide bonds. The van der Waals surface area contributed by atoms with Crippen molar-refractivity contribution in [3.63, 3.8) is 0 Å². The summed E-state index contributed by atoms with van der Waals surface area (Å²) in [6.45, 7) is 0.114. The summed E-state index contributed by atoms with van der Waals surface area (Å²) >= 11 is 0. The molecular formula is C18H18FN3O6S. The van der Waals surface area contributed by atoms with Crippen LogP contribution in [-0.4, -0.2) is 43.2 Å². The Morgan fingerprint density at radius 1 is 1.28 bits per heavy atom. The lowest BCUT2D eigenvalue weighted by Gasteiger charge is -2.23. The minimum absolute atomic E-state index is 0.0631. The third-order valence-electron chi connectivity index (χ3n) is 4.59. The van der Waals surface area contributed by atoms with E-state index in [0.29, 0.717) is 6.42 Å². The fraction of sp³-hybridized carbons (Fsp3) is 0.278. The summed E-state index contributed by atoms with van der Waals surface area (Å²) in [7, 11) is -2.67. The van der Waals surface area contributed by atoms with E-state index in [1.54, 1.807) is 0 Å². The maximum atomic E-state index is 13.1. The molecule has 1 fully saturated rings. The molecule has 1 saturated heterocycles. The number of nitrogens with zero attached hydrogens (tertiary/aromatic N) is 2. The molecular weight excluding hydrogens is 405 g/mol. The second-order valence-corrected chi connectivity index (χ2v) is 8.25. The third-order valence-corrected chi connectivity index (χ3v) is 6.51.